The molecule has 1 N–H and O–H groups in total. The van der Waals surface area contributed by atoms with E-state index in [0.717, 1.165) is 0 Å². The van der Waals surface area contributed by atoms with Gasteiger partial charge in [-0.3, -0.25) is 4.79 Å². The molecule has 3 atom stereocenters. The van der Waals surface area contributed by atoms with Crippen LogP contribution in [0.25, 0.3) is 0 Å². The second-order valence-corrected chi connectivity index (χ2v) is 6.77. The summed E-state index contributed by atoms with van der Waals surface area (Å²) in [4.78, 5) is 25.1. The van der Waals surface area contributed by atoms with Gasteiger partial charge in [-0.1, -0.05) is 23.2 Å². The number of carboxylic acids is 1. The number of halogens is 3. The fourth-order valence-electron chi connectivity index (χ4n) is 3.03. The van der Waals surface area contributed by atoms with Gasteiger partial charge in [0.1, 0.15) is 18.0 Å². The van der Waals surface area contributed by atoms with Gasteiger partial charge in [0.2, 0.25) is 0 Å². The zero-order valence-electron chi connectivity index (χ0n) is 13.1. The maximum atomic E-state index is 13.7. The van der Waals surface area contributed by atoms with Crippen LogP contribution in [0.4, 0.5) is 4.39 Å². The van der Waals surface area contributed by atoms with E-state index in [1.165, 1.54) is 17.0 Å². The topological polar surface area (TPSA) is 76.1 Å². The molecule has 6 nitrogen and oxygen atoms in total. The summed E-state index contributed by atoms with van der Waals surface area (Å²) in [5.41, 5.74) is 0.414. The lowest BCUT2D eigenvalue weighted by Crippen LogP contribution is -2.47. The molecule has 0 bridgehead atoms. The average molecular weight is 392 g/mol. The van der Waals surface area contributed by atoms with E-state index in [2.05, 4.69) is 0 Å². The van der Waals surface area contributed by atoms with Crippen LogP contribution in [0, 0.1) is 5.82 Å². The minimum Gasteiger partial charge on any atom is -0.479 e. The molecule has 3 rings (SSSR count). The van der Waals surface area contributed by atoms with Crippen molar-refractivity contribution in [1.82, 2.24) is 4.90 Å². The Bertz CT molecular complexity index is 701. The van der Waals surface area contributed by atoms with E-state index in [-0.39, 0.29) is 29.1 Å². The molecule has 136 valence electrons. The van der Waals surface area contributed by atoms with Gasteiger partial charge >= 0.3 is 5.97 Å². The molecule has 0 radical (unpaired) electrons. The Morgan fingerprint density at radius 3 is 2.60 bits per heavy atom. The molecule has 2 aliphatic rings. The molecule has 1 aromatic rings. The predicted molar refractivity (Wildman–Crippen MR) is 87.2 cm³/mol. The summed E-state index contributed by atoms with van der Waals surface area (Å²) in [6.45, 7) is 0.782. The Labute approximate surface area is 153 Å². The van der Waals surface area contributed by atoms with Gasteiger partial charge in [0.15, 0.2) is 6.10 Å². The van der Waals surface area contributed by atoms with Crippen molar-refractivity contribution in [2.45, 2.75) is 31.2 Å². The summed E-state index contributed by atoms with van der Waals surface area (Å²) in [6.07, 6.45) is -1.67. The molecule has 2 aliphatic heterocycles. The van der Waals surface area contributed by atoms with Crippen molar-refractivity contribution < 1.29 is 28.6 Å². The fourth-order valence-corrected chi connectivity index (χ4v) is 3.53. The fraction of sp³-hybridized carbons (Fsp3) is 0.500. The van der Waals surface area contributed by atoms with E-state index >= 15 is 0 Å². The summed E-state index contributed by atoms with van der Waals surface area (Å²) in [6, 6.07) is 2.51. The van der Waals surface area contributed by atoms with Crippen LogP contribution < -0.4 is 0 Å². The highest BCUT2D eigenvalue weighted by atomic mass is 35.5. The zero-order chi connectivity index (χ0) is 18.1. The molecule has 0 spiro atoms. The summed E-state index contributed by atoms with van der Waals surface area (Å²) < 4.78 is 24.7. The Balaban J connectivity index is 1.70. The smallest absolute Gasteiger partial charge is 0.332 e. The Morgan fingerprint density at radius 1 is 1.20 bits per heavy atom. The van der Waals surface area contributed by atoms with E-state index < -0.39 is 30.1 Å². The van der Waals surface area contributed by atoms with Crippen molar-refractivity contribution in [3.63, 3.8) is 0 Å². The van der Waals surface area contributed by atoms with Crippen molar-refractivity contribution in [3.8, 4) is 0 Å². The lowest BCUT2D eigenvalue weighted by atomic mass is 10.1. The third-order valence-electron chi connectivity index (χ3n) is 4.34. The molecule has 0 aliphatic carbocycles. The van der Waals surface area contributed by atoms with E-state index in [1.807, 2.05) is 0 Å². The van der Waals surface area contributed by atoms with Gasteiger partial charge in [0.25, 0.3) is 5.91 Å². The molecule has 2 heterocycles. The minimum absolute atomic E-state index is 0.0865. The molecule has 1 aromatic carbocycles. The minimum atomic E-state index is -1.07. The number of carbonyl (C=O) groups is 2. The number of carboxylic acid groups (broad SMARTS) is 1. The molecule has 1 amide bonds. The van der Waals surface area contributed by atoms with E-state index in [9.17, 15) is 14.0 Å². The number of morpholine rings is 1. The molecule has 2 fully saturated rings. The SMILES string of the molecule is O=C(O)[C@H]1CC[C@@H](C(=O)N2CCOC(c3cc(F)c(Cl)cc3Cl)C2)O1. The van der Waals surface area contributed by atoms with Crippen LogP contribution in [0.1, 0.15) is 24.5 Å². The van der Waals surface area contributed by atoms with Gasteiger partial charge in [0, 0.05) is 17.1 Å². The number of amides is 1. The number of hydrogen-bond donors (Lipinski definition) is 1. The molecule has 0 saturated carbocycles. The van der Waals surface area contributed by atoms with Crippen molar-refractivity contribution in [2.75, 3.05) is 19.7 Å². The van der Waals surface area contributed by atoms with Gasteiger partial charge in [-0.15, -0.1) is 0 Å². The average Bonchev–Trinajstić information content (AvgIpc) is 3.08. The van der Waals surface area contributed by atoms with E-state index in [4.69, 9.17) is 37.8 Å². The van der Waals surface area contributed by atoms with Crippen molar-refractivity contribution in [1.29, 1.82) is 0 Å². The largest absolute Gasteiger partial charge is 0.479 e. The van der Waals surface area contributed by atoms with Crippen LogP contribution in [0.2, 0.25) is 10.0 Å². The second-order valence-electron chi connectivity index (χ2n) is 5.96. The summed E-state index contributed by atoms with van der Waals surface area (Å²) >= 11 is 11.8. The number of rotatable bonds is 3. The Hall–Kier alpha value is -1.41. The number of hydrogen-bond acceptors (Lipinski definition) is 4. The summed E-state index contributed by atoms with van der Waals surface area (Å²) in [5.74, 6) is -1.97. The van der Waals surface area contributed by atoms with Crippen molar-refractivity contribution >= 4 is 35.1 Å². The lowest BCUT2D eigenvalue weighted by molar-refractivity contribution is -0.158. The van der Waals surface area contributed by atoms with E-state index in [0.29, 0.717) is 24.9 Å². The quantitative estimate of drug-likeness (QED) is 0.801. The van der Waals surface area contributed by atoms with Gasteiger partial charge in [0.05, 0.1) is 18.2 Å². The van der Waals surface area contributed by atoms with Crippen LogP contribution in [0.5, 0.6) is 0 Å². The number of ether oxygens (including phenoxy) is 2. The van der Waals surface area contributed by atoms with Gasteiger partial charge in [-0.2, -0.15) is 0 Å². The van der Waals surface area contributed by atoms with Crippen LogP contribution in [-0.4, -0.2) is 53.8 Å². The molecule has 25 heavy (non-hydrogen) atoms. The van der Waals surface area contributed by atoms with Crippen LogP contribution in [0.15, 0.2) is 12.1 Å². The van der Waals surface area contributed by atoms with E-state index in [1.54, 1.807) is 0 Å². The third kappa shape index (κ3) is 3.89. The van der Waals surface area contributed by atoms with Crippen LogP contribution in [-0.2, 0) is 19.1 Å². The van der Waals surface area contributed by atoms with Crippen LogP contribution in [0.3, 0.4) is 0 Å². The highest BCUT2D eigenvalue weighted by Gasteiger charge is 2.38. The maximum absolute atomic E-state index is 13.7. The number of carbonyl (C=O) groups excluding carboxylic acids is 1. The first-order valence-electron chi connectivity index (χ1n) is 7.80. The van der Waals surface area contributed by atoms with Crippen LogP contribution >= 0.6 is 23.2 Å². The highest BCUT2D eigenvalue weighted by Crippen LogP contribution is 2.33. The van der Waals surface area contributed by atoms with Gasteiger partial charge in [-0.05, 0) is 25.0 Å². The number of nitrogens with zero attached hydrogens (tertiary/aromatic N) is 1. The Kier molecular flexibility index (Phi) is 5.48. The first kappa shape index (κ1) is 18.4. The normalized spacial score (nSPS) is 26.7. The maximum Gasteiger partial charge on any atom is 0.332 e. The number of benzene rings is 1. The first-order chi connectivity index (χ1) is 11.9. The van der Waals surface area contributed by atoms with Crippen molar-refractivity contribution in [3.05, 3.63) is 33.6 Å². The molecular weight excluding hydrogens is 376 g/mol. The monoisotopic (exact) mass is 391 g/mol. The molecule has 2 saturated heterocycles. The second kappa shape index (κ2) is 7.45. The summed E-state index contributed by atoms with van der Waals surface area (Å²) in [7, 11) is 0. The van der Waals surface area contributed by atoms with Gasteiger partial charge < -0.3 is 19.5 Å². The zero-order valence-corrected chi connectivity index (χ0v) is 14.6. The molecule has 0 aromatic heterocycles. The Morgan fingerprint density at radius 2 is 1.92 bits per heavy atom. The first-order valence-corrected chi connectivity index (χ1v) is 8.55. The predicted octanol–water partition coefficient (Wildman–Crippen LogP) is 2.66. The molecule has 9 heteroatoms. The number of aliphatic carboxylic acids is 1. The van der Waals surface area contributed by atoms with Gasteiger partial charge in [-0.25, -0.2) is 9.18 Å². The highest BCUT2D eigenvalue weighted by molar-refractivity contribution is 6.35. The van der Waals surface area contributed by atoms with Crippen molar-refractivity contribution in [2.24, 2.45) is 0 Å². The summed E-state index contributed by atoms with van der Waals surface area (Å²) in [5, 5.41) is 9.13. The standard InChI is InChI=1S/C16H16Cl2FNO5/c17-9-6-10(18)11(19)5-8(9)14-7-20(3-4-24-14)15(21)12-1-2-13(25-12)16(22)23/h5-6,12-14H,1-4,7H2,(H,22,23)/t12-,13+,14?/m0/s1. The third-order valence-corrected chi connectivity index (χ3v) is 4.95. The molecular formula is C16H16Cl2FNO5. The molecule has 1 unspecified atom stereocenters. The lowest BCUT2D eigenvalue weighted by Gasteiger charge is -2.34.